The van der Waals surface area contributed by atoms with Crippen molar-refractivity contribution < 1.29 is 13.2 Å². The number of halogens is 2. The van der Waals surface area contributed by atoms with Crippen LogP contribution in [0.1, 0.15) is 21.5 Å². The van der Waals surface area contributed by atoms with Gasteiger partial charge in [-0.1, -0.05) is 59.6 Å². The van der Waals surface area contributed by atoms with E-state index in [4.69, 9.17) is 23.2 Å². The van der Waals surface area contributed by atoms with Crippen LogP contribution in [-0.2, 0) is 16.6 Å². The molecule has 0 aliphatic heterocycles. The zero-order chi connectivity index (χ0) is 21.0. The molecule has 2 N–H and O–H groups in total. The maximum atomic E-state index is 12.7. The Morgan fingerprint density at radius 2 is 1.69 bits per heavy atom. The minimum absolute atomic E-state index is 0.0287. The highest BCUT2D eigenvalue weighted by Gasteiger charge is 2.20. The Morgan fingerprint density at radius 1 is 0.966 bits per heavy atom. The number of rotatable bonds is 6. The van der Waals surface area contributed by atoms with Crippen molar-refractivity contribution in [2.24, 2.45) is 0 Å². The highest BCUT2D eigenvalue weighted by molar-refractivity contribution is 7.89. The van der Waals surface area contributed by atoms with Gasteiger partial charge < -0.3 is 5.32 Å². The molecule has 0 aliphatic carbocycles. The van der Waals surface area contributed by atoms with Crippen LogP contribution in [0.2, 0.25) is 10.0 Å². The van der Waals surface area contributed by atoms with E-state index in [0.717, 1.165) is 11.1 Å². The highest BCUT2D eigenvalue weighted by atomic mass is 35.5. The molecule has 150 valence electrons. The minimum atomic E-state index is -3.92. The second-order valence-corrected chi connectivity index (χ2v) is 8.95. The van der Waals surface area contributed by atoms with Crippen molar-refractivity contribution in [1.82, 2.24) is 4.72 Å². The van der Waals surface area contributed by atoms with E-state index < -0.39 is 15.9 Å². The minimum Gasteiger partial charge on any atom is -0.322 e. The molecule has 1 amide bonds. The van der Waals surface area contributed by atoms with Crippen molar-refractivity contribution in [3.8, 4) is 0 Å². The zero-order valence-corrected chi connectivity index (χ0v) is 17.8. The van der Waals surface area contributed by atoms with Gasteiger partial charge in [-0.25, -0.2) is 13.1 Å². The zero-order valence-electron chi connectivity index (χ0n) is 15.4. The summed E-state index contributed by atoms with van der Waals surface area (Å²) in [4.78, 5) is 12.5. The van der Waals surface area contributed by atoms with E-state index in [1.807, 2.05) is 25.1 Å². The summed E-state index contributed by atoms with van der Waals surface area (Å²) in [5.41, 5.74) is 2.34. The fourth-order valence-electron chi connectivity index (χ4n) is 2.63. The number of benzene rings is 3. The molecule has 3 rings (SSSR count). The lowest BCUT2D eigenvalue weighted by Gasteiger charge is -2.12. The Kier molecular flexibility index (Phi) is 6.59. The third-order valence-corrected chi connectivity index (χ3v) is 6.36. The molecule has 8 heteroatoms. The lowest BCUT2D eigenvalue weighted by molar-refractivity contribution is 0.102. The summed E-state index contributed by atoms with van der Waals surface area (Å²) in [5, 5.41) is 3.25. The number of amides is 1. The largest absolute Gasteiger partial charge is 0.322 e. The monoisotopic (exact) mass is 448 g/mol. The number of hydrogen-bond donors (Lipinski definition) is 2. The van der Waals surface area contributed by atoms with Crippen LogP contribution < -0.4 is 10.0 Å². The van der Waals surface area contributed by atoms with Crippen molar-refractivity contribution in [2.75, 3.05) is 5.32 Å². The lowest BCUT2D eigenvalue weighted by Crippen LogP contribution is -2.24. The van der Waals surface area contributed by atoms with Gasteiger partial charge in [0, 0.05) is 22.8 Å². The molecule has 0 bridgehead atoms. The molecule has 0 saturated heterocycles. The van der Waals surface area contributed by atoms with Crippen LogP contribution >= 0.6 is 23.2 Å². The van der Waals surface area contributed by atoms with E-state index in [1.165, 1.54) is 18.2 Å². The maximum Gasteiger partial charge on any atom is 0.255 e. The quantitative estimate of drug-likeness (QED) is 0.554. The van der Waals surface area contributed by atoms with Crippen LogP contribution in [0.25, 0.3) is 0 Å². The first-order valence-corrected chi connectivity index (χ1v) is 10.9. The fourth-order valence-corrected chi connectivity index (χ4v) is 4.34. The Balaban J connectivity index is 1.83. The van der Waals surface area contributed by atoms with Crippen molar-refractivity contribution >= 4 is 44.8 Å². The van der Waals surface area contributed by atoms with Crippen LogP contribution in [0.3, 0.4) is 0 Å². The van der Waals surface area contributed by atoms with E-state index in [1.54, 1.807) is 30.3 Å². The summed E-state index contributed by atoms with van der Waals surface area (Å²) < 4.78 is 27.9. The van der Waals surface area contributed by atoms with Crippen LogP contribution in [0.5, 0.6) is 0 Å². The average Bonchev–Trinajstić information content (AvgIpc) is 2.70. The summed E-state index contributed by atoms with van der Waals surface area (Å²) in [6.07, 6.45) is 0. The molecule has 0 radical (unpaired) electrons. The van der Waals surface area contributed by atoms with Gasteiger partial charge in [0.15, 0.2) is 0 Å². The first-order chi connectivity index (χ1) is 13.8. The van der Waals surface area contributed by atoms with Gasteiger partial charge in [-0.3, -0.25) is 4.79 Å². The predicted molar refractivity (Wildman–Crippen MR) is 116 cm³/mol. The molecule has 0 aromatic heterocycles. The highest BCUT2D eigenvalue weighted by Crippen LogP contribution is 2.25. The first kappa shape index (κ1) is 21.3. The molecule has 0 aliphatic rings. The van der Waals surface area contributed by atoms with Crippen molar-refractivity contribution in [3.05, 3.63) is 93.5 Å². The third-order valence-electron chi connectivity index (χ3n) is 4.24. The van der Waals surface area contributed by atoms with Gasteiger partial charge in [0.25, 0.3) is 5.91 Å². The molecule has 0 fully saturated rings. The van der Waals surface area contributed by atoms with Gasteiger partial charge in [-0.15, -0.1) is 0 Å². The van der Waals surface area contributed by atoms with Crippen molar-refractivity contribution in [1.29, 1.82) is 0 Å². The molecular weight excluding hydrogens is 431 g/mol. The summed E-state index contributed by atoms with van der Waals surface area (Å²) in [6, 6.07) is 18.3. The molecule has 0 unspecified atom stereocenters. The van der Waals surface area contributed by atoms with Crippen LogP contribution in [0, 0.1) is 6.92 Å². The van der Waals surface area contributed by atoms with Crippen molar-refractivity contribution in [2.45, 2.75) is 18.4 Å². The van der Waals surface area contributed by atoms with E-state index in [-0.39, 0.29) is 22.0 Å². The van der Waals surface area contributed by atoms with E-state index in [2.05, 4.69) is 10.0 Å². The molecular formula is C21H18Cl2N2O3S. The van der Waals surface area contributed by atoms with Crippen LogP contribution in [-0.4, -0.2) is 14.3 Å². The van der Waals surface area contributed by atoms with Gasteiger partial charge in [-0.2, -0.15) is 0 Å². The van der Waals surface area contributed by atoms with Gasteiger partial charge in [0.1, 0.15) is 4.90 Å². The lowest BCUT2D eigenvalue weighted by atomic mass is 10.1. The second-order valence-electron chi connectivity index (χ2n) is 6.37. The standard InChI is InChI=1S/C21H18Cl2N2O3S/c1-14-7-9-17(22)12-19(14)25-21(26)16-8-10-18(23)20(11-16)29(27,28)24-13-15-5-3-2-4-6-15/h2-12,24H,13H2,1H3,(H,25,26). The predicted octanol–water partition coefficient (Wildman–Crippen LogP) is 5.03. The Labute approximate surface area is 179 Å². The molecule has 0 spiro atoms. The number of anilines is 1. The molecule has 5 nitrogen and oxygen atoms in total. The molecule has 3 aromatic rings. The number of carbonyl (C=O) groups is 1. The number of carbonyl (C=O) groups excluding carboxylic acids is 1. The molecule has 3 aromatic carbocycles. The average molecular weight is 449 g/mol. The Hall–Kier alpha value is -2.38. The first-order valence-electron chi connectivity index (χ1n) is 8.67. The van der Waals surface area contributed by atoms with Gasteiger partial charge in [-0.05, 0) is 48.4 Å². The SMILES string of the molecule is Cc1ccc(Cl)cc1NC(=O)c1ccc(Cl)c(S(=O)(=O)NCc2ccccc2)c1. The smallest absolute Gasteiger partial charge is 0.255 e. The van der Waals surface area contributed by atoms with Crippen LogP contribution in [0.15, 0.2) is 71.6 Å². The van der Waals surface area contributed by atoms with Crippen LogP contribution in [0.4, 0.5) is 5.69 Å². The fraction of sp³-hybridized carbons (Fsp3) is 0.0952. The van der Waals surface area contributed by atoms with Gasteiger partial charge in [0.05, 0.1) is 5.02 Å². The number of sulfonamides is 1. The van der Waals surface area contributed by atoms with E-state index in [0.29, 0.717) is 10.7 Å². The third kappa shape index (κ3) is 5.36. The Morgan fingerprint density at radius 3 is 2.41 bits per heavy atom. The van der Waals surface area contributed by atoms with Crippen molar-refractivity contribution in [3.63, 3.8) is 0 Å². The Bertz CT molecular complexity index is 1150. The van der Waals surface area contributed by atoms with E-state index >= 15 is 0 Å². The summed E-state index contributed by atoms with van der Waals surface area (Å²) >= 11 is 12.1. The van der Waals surface area contributed by atoms with Gasteiger partial charge in [0.2, 0.25) is 10.0 Å². The summed E-state index contributed by atoms with van der Waals surface area (Å²) in [7, 11) is -3.92. The number of nitrogens with one attached hydrogen (secondary N) is 2. The second kappa shape index (κ2) is 8.97. The topological polar surface area (TPSA) is 75.3 Å². The normalized spacial score (nSPS) is 11.3. The molecule has 29 heavy (non-hydrogen) atoms. The van der Waals surface area contributed by atoms with Gasteiger partial charge >= 0.3 is 0 Å². The summed E-state index contributed by atoms with van der Waals surface area (Å²) in [6.45, 7) is 1.94. The molecule has 0 heterocycles. The molecule has 0 saturated carbocycles. The summed E-state index contributed by atoms with van der Waals surface area (Å²) in [5.74, 6) is -0.466. The number of hydrogen-bond acceptors (Lipinski definition) is 3. The number of aryl methyl sites for hydroxylation is 1. The van der Waals surface area contributed by atoms with E-state index in [9.17, 15) is 13.2 Å². The molecule has 0 atom stereocenters. The maximum absolute atomic E-state index is 12.7.